The maximum atomic E-state index is 12.6. The molecule has 0 bridgehead atoms. The summed E-state index contributed by atoms with van der Waals surface area (Å²) >= 11 is 0. The highest BCUT2D eigenvalue weighted by atomic mass is 19.1. The Hall–Kier alpha value is -3.86. The second kappa shape index (κ2) is 15.4. The number of ether oxygens (including phenoxy) is 3. The number of aliphatic carboxylic acids is 2. The molecule has 1 aliphatic heterocycles. The summed E-state index contributed by atoms with van der Waals surface area (Å²) in [5, 5.41) is 17.7. The summed E-state index contributed by atoms with van der Waals surface area (Å²) in [4.78, 5) is 33.2. The summed E-state index contributed by atoms with van der Waals surface area (Å²) in [5.41, 5.74) is 4.01. The highest BCUT2D eigenvalue weighted by Crippen LogP contribution is 2.33. The number of hydrogen-bond donors (Lipinski definition) is 3. The number of unbranched alkanes of at least 4 members (excludes halogenated alkanes) is 1. The van der Waals surface area contributed by atoms with Gasteiger partial charge in [-0.3, -0.25) is 9.69 Å². The first-order valence-corrected chi connectivity index (χ1v) is 12.2. The van der Waals surface area contributed by atoms with Crippen molar-refractivity contribution in [2.75, 3.05) is 47.1 Å². The number of hydrogen-bond acceptors (Lipinski definition) is 7. The highest BCUT2D eigenvalue weighted by Gasteiger charge is 2.19. The third kappa shape index (κ3) is 9.22. The molecule has 0 unspecified atom stereocenters. The molecule has 0 saturated heterocycles. The van der Waals surface area contributed by atoms with Gasteiger partial charge in [0.2, 0.25) is 0 Å². The Morgan fingerprint density at radius 2 is 1.63 bits per heavy atom. The first-order valence-electron chi connectivity index (χ1n) is 12.2. The molecule has 0 radical (unpaired) electrons. The van der Waals surface area contributed by atoms with Crippen LogP contribution in [0.15, 0.2) is 30.3 Å². The number of carboxylic acid groups (broad SMARTS) is 2. The molecule has 2 aromatic rings. The SMILES string of the molecule is COc1cc2c(cc1OC)CN(CCCCNC(=O)c1cc(C)ccc1OCCF)CC2.O=C(O)C(=O)O. The van der Waals surface area contributed by atoms with Gasteiger partial charge in [0.1, 0.15) is 19.0 Å². The van der Waals surface area contributed by atoms with E-state index >= 15 is 0 Å². The number of alkyl halides is 1. The fourth-order valence-electron chi connectivity index (χ4n) is 3.99. The van der Waals surface area contributed by atoms with Crippen molar-refractivity contribution in [1.29, 1.82) is 0 Å². The normalized spacial score (nSPS) is 12.4. The Labute approximate surface area is 221 Å². The first-order chi connectivity index (χ1) is 18.2. The number of aryl methyl sites for hydroxylation is 1. The number of carboxylic acids is 2. The van der Waals surface area contributed by atoms with E-state index in [-0.39, 0.29) is 12.5 Å². The number of benzene rings is 2. The predicted octanol–water partition coefficient (Wildman–Crippen LogP) is 3.08. The molecular weight excluding hydrogens is 499 g/mol. The van der Waals surface area contributed by atoms with Crippen molar-refractivity contribution < 1.29 is 43.2 Å². The van der Waals surface area contributed by atoms with Crippen molar-refractivity contribution in [3.05, 3.63) is 52.6 Å². The summed E-state index contributed by atoms with van der Waals surface area (Å²) in [6.07, 6.45) is 2.86. The van der Waals surface area contributed by atoms with Crippen LogP contribution < -0.4 is 19.5 Å². The lowest BCUT2D eigenvalue weighted by Crippen LogP contribution is -2.32. The van der Waals surface area contributed by atoms with E-state index in [1.54, 1.807) is 26.4 Å². The second-order valence-corrected chi connectivity index (χ2v) is 8.61. The van der Waals surface area contributed by atoms with Gasteiger partial charge in [-0.15, -0.1) is 0 Å². The van der Waals surface area contributed by atoms with Gasteiger partial charge >= 0.3 is 11.9 Å². The van der Waals surface area contributed by atoms with Gasteiger partial charge < -0.3 is 29.7 Å². The van der Waals surface area contributed by atoms with Gasteiger partial charge in [-0.05, 0) is 68.1 Å². The van der Waals surface area contributed by atoms with Gasteiger partial charge in [-0.2, -0.15) is 0 Å². The zero-order chi connectivity index (χ0) is 28.1. The van der Waals surface area contributed by atoms with Crippen LogP contribution in [0.5, 0.6) is 17.2 Å². The molecule has 0 spiro atoms. The van der Waals surface area contributed by atoms with Gasteiger partial charge in [-0.25, -0.2) is 14.0 Å². The molecule has 11 heteroatoms. The topological polar surface area (TPSA) is 135 Å². The van der Waals surface area contributed by atoms with Crippen LogP contribution >= 0.6 is 0 Å². The van der Waals surface area contributed by atoms with Crippen LogP contribution in [0.1, 0.15) is 39.9 Å². The lowest BCUT2D eigenvalue weighted by molar-refractivity contribution is -0.159. The van der Waals surface area contributed by atoms with E-state index in [0.29, 0.717) is 17.9 Å². The zero-order valence-electron chi connectivity index (χ0n) is 21.9. The number of nitrogens with one attached hydrogen (secondary N) is 1. The van der Waals surface area contributed by atoms with Crippen LogP contribution in [-0.4, -0.2) is 80.1 Å². The molecule has 3 rings (SSSR count). The predicted molar refractivity (Wildman–Crippen MR) is 138 cm³/mol. The number of methoxy groups -OCH3 is 2. The summed E-state index contributed by atoms with van der Waals surface area (Å²) in [6.45, 7) is 4.73. The molecule has 1 amide bonds. The van der Waals surface area contributed by atoms with Crippen molar-refractivity contribution in [2.24, 2.45) is 0 Å². The number of amides is 1. The minimum atomic E-state index is -1.82. The maximum Gasteiger partial charge on any atom is 0.414 e. The van der Waals surface area contributed by atoms with Gasteiger partial charge in [0.25, 0.3) is 5.91 Å². The van der Waals surface area contributed by atoms with E-state index in [4.69, 9.17) is 34.0 Å². The molecule has 208 valence electrons. The van der Waals surface area contributed by atoms with Crippen molar-refractivity contribution in [3.63, 3.8) is 0 Å². The van der Waals surface area contributed by atoms with Crippen molar-refractivity contribution in [2.45, 2.75) is 32.7 Å². The molecule has 2 aromatic carbocycles. The molecule has 3 N–H and O–H groups in total. The average Bonchev–Trinajstić information content (AvgIpc) is 2.91. The summed E-state index contributed by atoms with van der Waals surface area (Å²) < 4.78 is 28.7. The molecule has 1 heterocycles. The number of rotatable bonds is 11. The molecule has 1 aliphatic rings. The van der Waals surface area contributed by atoms with Crippen LogP contribution in [0, 0.1) is 6.92 Å². The lowest BCUT2D eigenvalue weighted by Gasteiger charge is -2.29. The minimum absolute atomic E-state index is 0.0546. The minimum Gasteiger partial charge on any atom is -0.493 e. The number of nitrogens with zero attached hydrogens (tertiary/aromatic N) is 1. The Bertz CT molecular complexity index is 1100. The largest absolute Gasteiger partial charge is 0.493 e. The summed E-state index contributed by atoms with van der Waals surface area (Å²) in [7, 11) is 3.32. The standard InChI is InChI=1S/C25H33FN2O4.C2H2O4/c1-18-6-7-22(32-13-9-26)21(14-18)25(29)27-10-4-5-11-28-12-8-19-15-23(30-2)24(31-3)16-20(19)17-28;3-1(4)2(5)6/h6-7,14-16H,4-5,8-13,17H2,1-3H3,(H,27,29);(H,3,4)(H,5,6). The Kier molecular flexibility index (Phi) is 12.3. The average molecular weight is 535 g/mol. The van der Waals surface area contributed by atoms with E-state index in [9.17, 15) is 9.18 Å². The fourth-order valence-corrected chi connectivity index (χ4v) is 3.99. The monoisotopic (exact) mass is 534 g/mol. The van der Waals surface area contributed by atoms with Gasteiger partial charge in [-0.1, -0.05) is 11.6 Å². The van der Waals surface area contributed by atoms with Crippen molar-refractivity contribution in [1.82, 2.24) is 10.2 Å². The molecule has 0 fully saturated rings. The number of fused-ring (bicyclic) bond motifs is 1. The number of carbonyl (C=O) groups is 3. The van der Waals surface area contributed by atoms with E-state index in [1.165, 1.54) is 11.1 Å². The van der Waals surface area contributed by atoms with Crippen molar-refractivity contribution >= 4 is 17.8 Å². The van der Waals surface area contributed by atoms with Crippen LogP contribution in [0.25, 0.3) is 0 Å². The zero-order valence-corrected chi connectivity index (χ0v) is 21.9. The van der Waals surface area contributed by atoms with E-state index < -0.39 is 18.6 Å². The molecule has 0 aromatic heterocycles. The number of halogens is 1. The third-order valence-corrected chi connectivity index (χ3v) is 5.88. The van der Waals surface area contributed by atoms with Crippen LogP contribution in [0.2, 0.25) is 0 Å². The van der Waals surface area contributed by atoms with Crippen LogP contribution in [0.4, 0.5) is 4.39 Å². The Morgan fingerprint density at radius 3 is 2.24 bits per heavy atom. The molecule has 0 aliphatic carbocycles. The second-order valence-electron chi connectivity index (χ2n) is 8.61. The lowest BCUT2D eigenvalue weighted by atomic mass is 9.98. The van der Waals surface area contributed by atoms with Gasteiger partial charge in [0.05, 0.1) is 19.8 Å². The highest BCUT2D eigenvalue weighted by molar-refractivity contribution is 6.27. The first kappa shape index (κ1) is 30.4. The maximum absolute atomic E-state index is 12.6. The smallest absolute Gasteiger partial charge is 0.414 e. The molecule has 10 nitrogen and oxygen atoms in total. The molecule has 38 heavy (non-hydrogen) atoms. The van der Waals surface area contributed by atoms with Crippen molar-refractivity contribution in [3.8, 4) is 17.2 Å². The molecule has 0 atom stereocenters. The van der Waals surface area contributed by atoms with Crippen LogP contribution in [0.3, 0.4) is 0 Å². The fraction of sp³-hybridized carbons (Fsp3) is 0.444. The van der Waals surface area contributed by atoms with E-state index in [1.807, 2.05) is 13.0 Å². The molecule has 0 saturated carbocycles. The van der Waals surface area contributed by atoms with E-state index in [2.05, 4.69) is 22.3 Å². The van der Waals surface area contributed by atoms with E-state index in [0.717, 1.165) is 56.0 Å². The van der Waals surface area contributed by atoms with Crippen LogP contribution in [-0.2, 0) is 22.6 Å². The van der Waals surface area contributed by atoms with Gasteiger partial charge in [0, 0.05) is 19.6 Å². The summed E-state index contributed by atoms with van der Waals surface area (Å²) in [5.74, 6) is -1.87. The van der Waals surface area contributed by atoms with Gasteiger partial charge in [0.15, 0.2) is 11.5 Å². The summed E-state index contributed by atoms with van der Waals surface area (Å²) in [6, 6.07) is 9.51. The third-order valence-electron chi connectivity index (χ3n) is 5.88. The Morgan fingerprint density at radius 1 is 0.974 bits per heavy atom. The quantitative estimate of drug-likeness (QED) is 0.294. The Balaban J connectivity index is 0.000000757. The molecular formula is C27H35FN2O8. The number of carbonyl (C=O) groups excluding carboxylic acids is 1.